The summed E-state index contributed by atoms with van der Waals surface area (Å²) < 4.78 is 5.12. The average molecular weight is 219 g/mol. The second-order valence-electron chi connectivity index (χ2n) is 4.47. The summed E-state index contributed by atoms with van der Waals surface area (Å²) in [5.41, 5.74) is 1.87. The third-order valence-corrected chi connectivity index (χ3v) is 3.04. The number of nitrogens with one attached hydrogen (secondary N) is 1. The van der Waals surface area contributed by atoms with Crippen molar-refractivity contribution in [3.8, 4) is 0 Å². The molecule has 0 saturated carbocycles. The third kappa shape index (κ3) is 1.90. The van der Waals surface area contributed by atoms with E-state index in [0.29, 0.717) is 13.2 Å². The lowest BCUT2D eigenvalue weighted by Crippen LogP contribution is -2.41. The van der Waals surface area contributed by atoms with E-state index in [2.05, 4.69) is 11.4 Å². The fourth-order valence-corrected chi connectivity index (χ4v) is 2.07. The minimum atomic E-state index is -0.440. The molecule has 0 radical (unpaired) electrons. The molecule has 1 heterocycles. The second kappa shape index (κ2) is 4.16. The SMILES string of the molecule is CCOC(=O)C1(C)CNc2ccccc2C1. The van der Waals surface area contributed by atoms with Crippen molar-refractivity contribution < 1.29 is 9.53 Å². The predicted octanol–water partition coefficient (Wildman–Crippen LogP) is 2.22. The molecule has 0 bridgehead atoms. The molecule has 1 aliphatic heterocycles. The molecule has 1 aliphatic rings. The lowest BCUT2D eigenvalue weighted by Gasteiger charge is -2.33. The zero-order chi connectivity index (χ0) is 11.6. The molecule has 3 heteroatoms. The number of ether oxygens (including phenoxy) is 1. The van der Waals surface area contributed by atoms with Crippen LogP contribution in [0.5, 0.6) is 0 Å². The Balaban J connectivity index is 2.21. The number of carbonyl (C=O) groups excluding carboxylic acids is 1. The van der Waals surface area contributed by atoms with E-state index in [4.69, 9.17) is 4.74 Å². The smallest absolute Gasteiger partial charge is 0.313 e. The second-order valence-corrected chi connectivity index (χ2v) is 4.47. The number of fused-ring (bicyclic) bond motifs is 1. The summed E-state index contributed by atoms with van der Waals surface area (Å²) in [6.45, 7) is 4.87. The highest BCUT2D eigenvalue weighted by Gasteiger charge is 2.38. The van der Waals surface area contributed by atoms with Crippen LogP contribution in [0, 0.1) is 5.41 Å². The largest absolute Gasteiger partial charge is 0.466 e. The van der Waals surface area contributed by atoms with Gasteiger partial charge in [0, 0.05) is 12.2 Å². The fourth-order valence-electron chi connectivity index (χ4n) is 2.07. The Morgan fingerprint density at radius 1 is 1.50 bits per heavy atom. The van der Waals surface area contributed by atoms with Crippen molar-refractivity contribution in [3.63, 3.8) is 0 Å². The van der Waals surface area contributed by atoms with Gasteiger partial charge in [0.15, 0.2) is 0 Å². The maximum Gasteiger partial charge on any atom is 0.313 e. The first-order valence-corrected chi connectivity index (χ1v) is 5.65. The monoisotopic (exact) mass is 219 g/mol. The van der Waals surface area contributed by atoms with Crippen LogP contribution in [0.25, 0.3) is 0 Å². The highest BCUT2D eigenvalue weighted by Crippen LogP contribution is 2.33. The standard InChI is InChI=1S/C13H17NO2/c1-3-16-12(15)13(2)8-10-6-4-5-7-11(10)14-9-13/h4-7,14H,3,8-9H2,1-2H3. The first-order chi connectivity index (χ1) is 7.65. The summed E-state index contributed by atoms with van der Waals surface area (Å²) in [7, 11) is 0. The summed E-state index contributed by atoms with van der Waals surface area (Å²) >= 11 is 0. The van der Waals surface area contributed by atoms with Crippen molar-refractivity contribution in [1.82, 2.24) is 0 Å². The number of anilines is 1. The predicted molar refractivity (Wildman–Crippen MR) is 63.4 cm³/mol. The molecule has 1 aromatic rings. The number of para-hydroxylation sites is 1. The lowest BCUT2D eigenvalue weighted by molar-refractivity contribution is -0.153. The van der Waals surface area contributed by atoms with Gasteiger partial charge in [0.05, 0.1) is 12.0 Å². The molecule has 0 spiro atoms. The molecule has 0 aromatic heterocycles. The number of esters is 1. The Kier molecular flexibility index (Phi) is 2.86. The number of carbonyl (C=O) groups is 1. The highest BCUT2D eigenvalue weighted by atomic mass is 16.5. The van der Waals surface area contributed by atoms with Crippen molar-refractivity contribution in [2.45, 2.75) is 20.3 Å². The van der Waals surface area contributed by atoms with Gasteiger partial charge in [-0.15, -0.1) is 0 Å². The minimum Gasteiger partial charge on any atom is -0.466 e. The molecule has 0 saturated heterocycles. The van der Waals surface area contributed by atoms with E-state index in [1.807, 2.05) is 32.0 Å². The fraction of sp³-hybridized carbons (Fsp3) is 0.462. The van der Waals surface area contributed by atoms with Crippen molar-refractivity contribution in [3.05, 3.63) is 29.8 Å². The summed E-state index contributed by atoms with van der Waals surface area (Å²) in [6, 6.07) is 8.09. The molecule has 0 fully saturated rings. The topological polar surface area (TPSA) is 38.3 Å². The van der Waals surface area contributed by atoms with Gasteiger partial charge in [-0.25, -0.2) is 0 Å². The molecule has 2 rings (SSSR count). The van der Waals surface area contributed by atoms with Crippen LogP contribution in [-0.4, -0.2) is 19.1 Å². The number of hydrogen-bond donors (Lipinski definition) is 1. The molecule has 0 amide bonds. The van der Waals surface area contributed by atoms with Crippen molar-refractivity contribution in [2.75, 3.05) is 18.5 Å². The van der Waals surface area contributed by atoms with Gasteiger partial charge < -0.3 is 10.1 Å². The zero-order valence-corrected chi connectivity index (χ0v) is 9.75. The first kappa shape index (κ1) is 11.0. The molecule has 1 unspecified atom stereocenters. The molecule has 0 aliphatic carbocycles. The molecule has 86 valence electrons. The normalized spacial score (nSPS) is 23.1. The molecular weight excluding hydrogens is 202 g/mol. The van der Waals surface area contributed by atoms with E-state index in [1.54, 1.807) is 0 Å². The van der Waals surface area contributed by atoms with Crippen molar-refractivity contribution in [1.29, 1.82) is 0 Å². The van der Waals surface area contributed by atoms with Crippen LogP contribution in [0.3, 0.4) is 0 Å². The van der Waals surface area contributed by atoms with Crippen molar-refractivity contribution in [2.24, 2.45) is 5.41 Å². The Hall–Kier alpha value is -1.51. The Labute approximate surface area is 95.8 Å². The van der Waals surface area contributed by atoms with Crippen LogP contribution in [0.4, 0.5) is 5.69 Å². The first-order valence-electron chi connectivity index (χ1n) is 5.65. The van der Waals surface area contributed by atoms with Crippen LogP contribution >= 0.6 is 0 Å². The Morgan fingerprint density at radius 3 is 3.00 bits per heavy atom. The highest BCUT2D eigenvalue weighted by molar-refractivity contribution is 5.79. The summed E-state index contributed by atoms with van der Waals surface area (Å²) in [5.74, 6) is -0.114. The molecule has 1 aromatic carbocycles. The molecule has 1 N–H and O–H groups in total. The number of benzene rings is 1. The van der Waals surface area contributed by atoms with Crippen LogP contribution in [0.2, 0.25) is 0 Å². The molecule has 3 nitrogen and oxygen atoms in total. The van der Waals surface area contributed by atoms with Gasteiger partial charge in [0.2, 0.25) is 0 Å². The maximum atomic E-state index is 11.9. The van der Waals surface area contributed by atoms with E-state index in [-0.39, 0.29) is 5.97 Å². The summed E-state index contributed by atoms with van der Waals surface area (Å²) in [6.07, 6.45) is 0.745. The molecule has 1 atom stereocenters. The zero-order valence-electron chi connectivity index (χ0n) is 9.75. The van der Waals surface area contributed by atoms with Crippen LogP contribution < -0.4 is 5.32 Å². The van der Waals surface area contributed by atoms with Crippen molar-refractivity contribution >= 4 is 11.7 Å². The minimum absolute atomic E-state index is 0.114. The van der Waals surface area contributed by atoms with E-state index in [0.717, 1.165) is 12.1 Å². The average Bonchev–Trinajstić information content (AvgIpc) is 2.29. The van der Waals surface area contributed by atoms with E-state index in [9.17, 15) is 4.79 Å². The van der Waals surface area contributed by atoms with Gasteiger partial charge in [0.25, 0.3) is 0 Å². The quantitative estimate of drug-likeness (QED) is 0.775. The van der Waals surface area contributed by atoms with Crippen LogP contribution in [0.1, 0.15) is 19.4 Å². The molecule has 16 heavy (non-hydrogen) atoms. The van der Waals surface area contributed by atoms with Gasteiger partial charge in [0.1, 0.15) is 0 Å². The Bertz CT molecular complexity index is 403. The van der Waals surface area contributed by atoms with Gasteiger partial charge in [-0.3, -0.25) is 4.79 Å². The maximum absolute atomic E-state index is 11.9. The van der Waals surface area contributed by atoms with Gasteiger partial charge >= 0.3 is 5.97 Å². The summed E-state index contributed by atoms with van der Waals surface area (Å²) in [5, 5.41) is 3.29. The van der Waals surface area contributed by atoms with Gasteiger partial charge in [-0.2, -0.15) is 0 Å². The lowest BCUT2D eigenvalue weighted by atomic mass is 9.80. The van der Waals surface area contributed by atoms with Gasteiger partial charge in [-0.1, -0.05) is 18.2 Å². The Morgan fingerprint density at radius 2 is 2.25 bits per heavy atom. The molecular formula is C13H17NO2. The van der Waals surface area contributed by atoms with Crippen LogP contribution in [0.15, 0.2) is 24.3 Å². The van der Waals surface area contributed by atoms with E-state index >= 15 is 0 Å². The number of hydrogen-bond acceptors (Lipinski definition) is 3. The van der Waals surface area contributed by atoms with E-state index in [1.165, 1.54) is 5.56 Å². The number of rotatable bonds is 2. The van der Waals surface area contributed by atoms with Gasteiger partial charge in [-0.05, 0) is 31.9 Å². The van der Waals surface area contributed by atoms with E-state index < -0.39 is 5.41 Å². The summed E-state index contributed by atoms with van der Waals surface area (Å²) in [4.78, 5) is 11.9. The van der Waals surface area contributed by atoms with Crippen LogP contribution in [-0.2, 0) is 16.0 Å². The third-order valence-electron chi connectivity index (χ3n) is 3.04.